The molecule has 0 aliphatic carbocycles. The normalized spacial score (nSPS) is 16.6. The highest BCUT2D eigenvalue weighted by Gasteiger charge is 2.20. The number of hydrogen-bond acceptors (Lipinski definition) is 7. The van der Waals surface area contributed by atoms with E-state index in [-0.39, 0.29) is 17.3 Å². The number of anilines is 1. The predicted octanol–water partition coefficient (Wildman–Crippen LogP) is 0.992. The molecule has 1 aliphatic rings. The molecule has 1 aliphatic heterocycles. The van der Waals surface area contributed by atoms with Crippen LogP contribution in [0.15, 0.2) is 24.4 Å². The summed E-state index contributed by atoms with van der Waals surface area (Å²) in [5.74, 6) is 7.22. The van der Waals surface area contributed by atoms with Gasteiger partial charge in [0.2, 0.25) is 0 Å². The molecule has 0 unspecified atom stereocenters. The molecule has 144 valence electrons. The first-order valence-electron chi connectivity index (χ1n) is 8.90. The van der Waals surface area contributed by atoms with Gasteiger partial charge < -0.3 is 10.7 Å². The number of aromatic nitrogens is 4. The monoisotopic (exact) mass is 396 g/mol. The van der Waals surface area contributed by atoms with Gasteiger partial charge in [-0.15, -0.1) is 0 Å². The highest BCUT2D eigenvalue weighted by molar-refractivity contribution is 7.91. The SMILES string of the molecule is Cc1ccc2nc(-c3nc(C#CCN4CCS(=O)(=O)CC4)cnc3N)[nH]c2c1. The Morgan fingerprint density at radius 1 is 1.25 bits per heavy atom. The number of nitrogens with one attached hydrogen (secondary N) is 1. The fraction of sp³-hybridized carbons (Fsp3) is 0.316. The minimum atomic E-state index is -2.88. The van der Waals surface area contributed by atoms with Gasteiger partial charge in [-0.25, -0.2) is 23.4 Å². The van der Waals surface area contributed by atoms with Crippen LogP contribution in [0.3, 0.4) is 0 Å². The molecule has 0 atom stereocenters. The molecule has 9 heteroatoms. The zero-order chi connectivity index (χ0) is 19.7. The molecule has 3 N–H and O–H groups in total. The van der Waals surface area contributed by atoms with Gasteiger partial charge in [0.1, 0.15) is 11.4 Å². The Hall–Kier alpha value is -2.96. The van der Waals surface area contributed by atoms with Gasteiger partial charge in [0.05, 0.1) is 35.3 Å². The fourth-order valence-corrected chi connectivity index (χ4v) is 4.30. The number of aryl methyl sites for hydroxylation is 1. The van der Waals surface area contributed by atoms with E-state index in [0.29, 0.717) is 36.8 Å². The number of nitrogen functional groups attached to an aromatic ring is 1. The van der Waals surface area contributed by atoms with E-state index in [2.05, 4.69) is 31.8 Å². The van der Waals surface area contributed by atoms with Crippen LogP contribution in [0.4, 0.5) is 5.82 Å². The van der Waals surface area contributed by atoms with Gasteiger partial charge in [0.15, 0.2) is 21.5 Å². The number of fused-ring (bicyclic) bond motifs is 1. The smallest absolute Gasteiger partial charge is 0.161 e. The van der Waals surface area contributed by atoms with E-state index in [0.717, 1.165) is 16.6 Å². The molecule has 1 aromatic carbocycles. The average molecular weight is 396 g/mol. The molecule has 8 nitrogen and oxygen atoms in total. The zero-order valence-electron chi connectivity index (χ0n) is 15.4. The Balaban J connectivity index is 1.54. The van der Waals surface area contributed by atoms with Gasteiger partial charge in [-0.05, 0) is 30.5 Å². The average Bonchev–Trinajstić information content (AvgIpc) is 3.07. The molecule has 0 bridgehead atoms. The number of aromatic amines is 1. The number of sulfone groups is 1. The summed E-state index contributed by atoms with van der Waals surface area (Å²) in [5.41, 5.74) is 9.82. The molecule has 2 aromatic heterocycles. The van der Waals surface area contributed by atoms with E-state index < -0.39 is 9.84 Å². The first kappa shape index (κ1) is 18.4. The lowest BCUT2D eigenvalue weighted by molar-refractivity contribution is 0.332. The van der Waals surface area contributed by atoms with E-state index in [4.69, 9.17) is 5.73 Å². The molecule has 0 saturated carbocycles. The van der Waals surface area contributed by atoms with Crippen molar-refractivity contribution < 1.29 is 8.42 Å². The molecule has 0 spiro atoms. The van der Waals surface area contributed by atoms with Gasteiger partial charge in [0, 0.05) is 13.1 Å². The van der Waals surface area contributed by atoms with Crippen LogP contribution in [-0.4, -0.2) is 64.4 Å². The second-order valence-corrected chi connectivity index (χ2v) is 9.13. The molecule has 28 heavy (non-hydrogen) atoms. The molecule has 1 saturated heterocycles. The summed E-state index contributed by atoms with van der Waals surface area (Å²) in [6.07, 6.45) is 1.53. The molecule has 4 rings (SSSR count). The minimum absolute atomic E-state index is 0.187. The Labute approximate surface area is 163 Å². The summed E-state index contributed by atoms with van der Waals surface area (Å²) in [7, 11) is -2.88. The molecule has 3 heterocycles. The number of hydrogen-bond donors (Lipinski definition) is 2. The van der Waals surface area contributed by atoms with Crippen LogP contribution in [-0.2, 0) is 9.84 Å². The Morgan fingerprint density at radius 3 is 2.82 bits per heavy atom. The number of imidazole rings is 1. The molecule has 3 aromatic rings. The number of nitrogens with two attached hydrogens (primary N) is 1. The maximum absolute atomic E-state index is 11.5. The number of H-pyrrole nitrogens is 1. The highest BCUT2D eigenvalue weighted by atomic mass is 32.2. The summed E-state index contributed by atoms with van der Waals surface area (Å²) < 4.78 is 23.0. The van der Waals surface area contributed by atoms with Crippen LogP contribution in [0.1, 0.15) is 11.3 Å². The van der Waals surface area contributed by atoms with Gasteiger partial charge in [-0.2, -0.15) is 0 Å². The molecule has 1 fully saturated rings. The molecule has 0 radical (unpaired) electrons. The second kappa shape index (κ2) is 7.22. The van der Waals surface area contributed by atoms with E-state index in [9.17, 15) is 8.42 Å². The largest absolute Gasteiger partial charge is 0.382 e. The third-order valence-electron chi connectivity index (χ3n) is 4.62. The van der Waals surface area contributed by atoms with Crippen LogP contribution >= 0.6 is 0 Å². The van der Waals surface area contributed by atoms with Gasteiger partial charge in [0.25, 0.3) is 0 Å². The first-order chi connectivity index (χ1) is 13.4. The maximum Gasteiger partial charge on any atom is 0.161 e. The fourth-order valence-electron chi connectivity index (χ4n) is 3.02. The highest BCUT2D eigenvalue weighted by Crippen LogP contribution is 2.23. The Bertz CT molecular complexity index is 1190. The van der Waals surface area contributed by atoms with Crippen molar-refractivity contribution in [3.63, 3.8) is 0 Å². The topological polar surface area (TPSA) is 118 Å². The van der Waals surface area contributed by atoms with Crippen LogP contribution < -0.4 is 5.73 Å². The van der Waals surface area contributed by atoms with Crippen LogP contribution in [0.25, 0.3) is 22.6 Å². The van der Waals surface area contributed by atoms with Crippen molar-refractivity contribution in [2.75, 3.05) is 36.9 Å². The summed E-state index contributed by atoms with van der Waals surface area (Å²) in [4.78, 5) is 18.5. The van der Waals surface area contributed by atoms with E-state index in [1.54, 1.807) is 0 Å². The van der Waals surface area contributed by atoms with Gasteiger partial charge in [-0.1, -0.05) is 12.0 Å². The van der Waals surface area contributed by atoms with Crippen molar-refractivity contribution in [3.05, 3.63) is 35.7 Å². The minimum Gasteiger partial charge on any atom is -0.382 e. The van der Waals surface area contributed by atoms with E-state index >= 15 is 0 Å². The summed E-state index contributed by atoms with van der Waals surface area (Å²) >= 11 is 0. The van der Waals surface area contributed by atoms with Crippen molar-refractivity contribution in [3.8, 4) is 23.4 Å². The Kier molecular flexibility index (Phi) is 4.75. The Morgan fingerprint density at radius 2 is 2.04 bits per heavy atom. The third kappa shape index (κ3) is 3.98. The first-order valence-corrected chi connectivity index (χ1v) is 10.7. The summed E-state index contributed by atoms with van der Waals surface area (Å²) in [6.45, 7) is 3.52. The van der Waals surface area contributed by atoms with E-state index in [1.165, 1.54) is 6.20 Å². The maximum atomic E-state index is 11.5. The lowest BCUT2D eigenvalue weighted by Crippen LogP contribution is -2.40. The van der Waals surface area contributed by atoms with Crippen molar-refractivity contribution >= 4 is 26.7 Å². The van der Waals surface area contributed by atoms with E-state index in [1.807, 2.05) is 30.0 Å². The lowest BCUT2D eigenvalue weighted by atomic mass is 10.2. The zero-order valence-corrected chi connectivity index (χ0v) is 16.3. The molecule has 0 amide bonds. The summed E-state index contributed by atoms with van der Waals surface area (Å²) in [5, 5.41) is 0. The molecular weight excluding hydrogens is 376 g/mol. The predicted molar refractivity (Wildman–Crippen MR) is 108 cm³/mol. The summed E-state index contributed by atoms with van der Waals surface area (Å²) in [6, 6.07) is 5.95. The van der Waals surface area contributed by atoms with Crippen molar-refractivity contribution in [2.24, 2.45) is 0 Å². The number of rotatable bonds is 2. The van der Waals surface area contributed by atoms with Crippen molar-refractivity contribution in [1.29, 1.82) is 0 Å². The van der Waals surface area contributed by atoms with Crippen LogP contribution in [0.2, 0.25) is 0 Å². The molecular formula is C19H20N6O2S. The number of nitrogens with zero attached hydrogens (tertiary/aromatic N) is 4. The standard InChI is InChI=1S/C19H20N6O2S/c1-13-4-5-15-16(11-13)24-19(23-15)17-18(20)21-12-14(22-17)3-2-6-25-7-9-28(26,27)10-8-25/h4-5,11-12H,6-10H2,1H3,(H2,20,21)(H,23,24). The number of benzene rings is 1. The second-order valence-electron chi connectivity index (χ2n) is 6.82. The van der Waals surface area contributed by atoms with Crippen LogP contribution in [0.5, 0.6) is 0 Å². The lowest BCUT2D eigenvalue weighted by Gasteiger charge is -2.24. The van der Waals surface area contributed by atoms with Crippen LogP contribution in [0, 0.1) is 18.8 Å². The van der Waals surface area contributed by atoms with Gasteiger partial charge >= 0.3 is 0 Å². The van der Waals surface area contributed by atoms with Gasteiger partial charge in [-0.3, -0.25) is 4.90 Å². The van der Waals surface area contributed by atoms with Crippen molar-refractivity contribution in [1.82, 2.24) is 24.8 Å². The van der Waals surface area contributed by atoms with Crippen molar-refractivity contribution in [2.45, 2.75) is 6.92 Å². The third-order valence-corrected chi connectivity index (χ3v) is 6.23. The quantitative estimate of drug-likeness (QED) is 0.620.